The van der Waals surface area contributed by atoms with E-state index in [-0.39, 0.29) is 5.92 Å². The number of hydrogen-bond acceptors (Lipinski definition) is 3. The van der Waals surface area contributed by atoms with Crippen LogP contribution >= 0.6 is 0 Å². The van der Waals surface area contributed by atoms with E-state index in [9.17, 15) is 0 Å². The van der Waals surface area contributed by atoms with Crippen LogP contribution in [0.3, 0.4) is 0 Å². The summed E-state index contributed by atoms with van der Waals surface area (Å²) in [6.07, 6.45) is 8.23. The van der Waals surface area contributed by atoms with Crippen molar-refractivity contribution in [2.24, 2.45) is 22.7 Å². The van der Waals surface area contributed by atoms with Crippen LogP contribution in [-0.4, -0.2) is 35.1 Å². The number of hydrogen-bond donors (Lipinski definition) is 2. The lowest BCUT2D eigenvalue weighted by Crippen LogP contribution is -2.49. The van der Waals surface area contributed by atoms with E-state index < -0.39 is 0 Å². The Balaban J connectivity index is 1.94. The third-order valence-corrected chi connectivity index (χ3v) is 4.49. The van der Waals surface area contributed by atoms with Gasteiger partial charge in [-0.25, -0.2) is 0 Å². The maximum Gasteiger partial charge on any atom is 0.143 e. The average molecular weight is 239 g/mol. The van der Waals surface area contributed by atoms with Crippen molar-refractivity contribution in [2.75, 3.05) is 13.1 Å². The predicted molar refractivity (Wildman–Crippen MR) is 69.1 cm³/mol. The predicted octanol–water partition coefficient (Wildman–Crippen LogP) is 2.02. The number of amidine groups is 1. The van der Waals surface area contributed by atoms with E-state index in [1.54, 1.807) is 0 Å². The fourth-order valence-corrected chi connectivity index (χ4v) is 3.50. The monoisotopic (exact) mass is 239 g/mol. The molecule has 3 atom stereocenters. The number of nitrogens with zero attached hydrogens (tertiary/aromatic N) is 2. The normalized spacial score (nSPS) is 33.1. The first-order chi connectivity index (χ1) is 8.22. The number of fused-ring (bicyclic) bond motifs is 1. The Kier molecular flexibility index (Phi) is 4.26. The van der Waals surface area contributed by atoms with Gasteiger partial charge in [0.2, 0.25) is 0 Å². The van der Waals surface area contributed by atoms with Crippen molar-refractivity contribution < 1.29 is 5.21 Å². The Labute approximate surface area is 104 Å². The van der Waals surface area contributed by atoms with Gasteiger partial charge in [-0.3, -0.25) is 4.90 Å². The maximum atomic E-state index is 8.71. The van der Waals surface area contributed by atoms with Crippen molar-refractivity contribution in [3.8, 4) is 0 Å². The second-order valence-corrected chi connectivity index (χ2v) is 5.67. The fraction of sp³-hybridized carbons (Fsp3) is 0.923. The molecule has 0 bridgehead atoms. The minimum atomic E-state index is 0.153. The first-order valence-corrected chi connectivity index (χ1v) is 6.94. The minimum absolute atomic E-state index is 0.153. The molecule has 1 aliphatic carbocycles. The molecule has 3 unspecified atom stereocenters. The third-order valence-electron chi connectivity index (χ3n) is 4.49. The Morgan fingerprint density at radius 3 is 2.82 bits per heavy atom. The third kappa shape index (κ3) is 2.92. The second kappa shape index (κ2) is 5.71. The molecule has 3 N–H and O–H groups in total. The number of nitrogens with two attached hydrogens (primary N) is 1. The first-order valence-electron chi connectivity index (χ1n) is 6.94. The first kappa shape index (κ1) is 12.7. The van der Waals surface area contributed by atoms with Crippen LogP contribution < -0.4 is 5.73 Å². The Morgan fingerprint density at radius 2 is 2.06 bits per heavy atom. The van der Waals surface area contributed by atoms with Gasteiger partial charge in [-0.15, -0.1) is 0 Å². The lowest BCUT2D eigenvalue weighted by molar-refractivity contribution is 0.0557. The molecule has 1 saturated heterocycles. The van der Waals surface area contributed by atoms with Gasteiger partial charge < -0.3 is 10.9 Å². The highest BCUT2D eigenvalue weighted by atomic mass is 16.4. The van der Waals surface area contributed by atoms with E-state index in [1.165, 1.54) is 45.1 Å². The Hall–Kier alpha value is -0.770. The van der Waals surface area contributed by atoms with E-state index in [0.717, 1.165) is 18.5 Å². The molecule has 2 aliphatic rings. The molecule has 0 spiro atoms. The molecule has 1 saturated carbocycles. The molecular weight excluding hydrogens is 214 g/mol. The molecule has 0 aromatic heterocycles. The molecule has 0 amide bonds. The van der Waals surface area contributed by atoms with Crippen molar-refractivity contribution in [1.29, 1.82) is 0 Å². The molecule has 4 nitrogen and oxygen atoms in total. The SMILES string of the molecule is CC(CN1CCCC2CCCCC21)/C(N)=N/O. The molecule has 98 valence electrons. The van der Waals surface area contributed by atoms with E-state index >= 15 is 0 Å². The van der Waals surface area contributed by atoms with Crippen LogP contribution in [0.5, 0.6) is 0 Å². The summed E-state index contributed by atoms with van der Waals surface area (Å²) in [7, 11) is 0. The zero-order valence-corrected chi connectivity index (χ0v) is 10.8. The van der Waals surface area contributed by atoms with Crippen LogP contribution in [0.1, 0.15) is 45.4 Å². The van der Waals surface area contributed by atoms with Gasteiger partial charge in [-0.2, -0.15) is 0 Å². The standard InChI is InChI=1S/C13H25N3O/c1-10(13(14)15-17)9-16-8-4-6-11-5-2-3-7-12(11)16/h10-12,17H,2-9H2,1H3,(H2,14,15). The quantitative estimate of drug-likeness (QED) is 0.343. The van der Waals surface area contributed by atoms with Crippen molar-refractivity contribution in [1.82, 2.24) is 4.90 Å². The van der Waals surface area contributed by atoms with E-state index in [4.69, 9.17) is 10.9 Å². The summed E-state index contributed by atoms with van der Waals surface area (Å²) >= 11 is 0. The highest BCUT2D eigenvalue weighted by molar-refractivity contribution is 5.82. The zero-order valence-electron chi connectivity index (χ0n) is 10.8. The molecule has 0 aromatic rings. The van der Waals surface area contributed by atoms with Gasteiger partial charge in [-0.05, 0) is 38.1 Å². The molecule has 4 heteroatoms. The molecule has 2 fully saturated rings. The lowest BCUT2D eigenvalue weighted by Gasteiger charge is -2.45. The largest absolute Gasteiger partial charge is 0.409 e. The molecule has 1 heterocycles. The van der Waals surface area contributed by atoms with Crippen molar-refractivity contribution in [3.05, 3.63) is 0 Å². The van der Waals surface area contributed by atoms with Gasteiger partial charge in [0.25, 0.3) is 0 Å². The molecule has 0 radical (unpaired) electrons. The van der Waals surface area contributed by atoms with Crippen molar-refractivity contribution >= 4 is 5.84 Å². The summed E-state index contributed by atoms with van der Waals surface area (Å²) in [5, 5.41) is 11.8. The van der Waals surface area contributed by atoms with E-state index in [1.807, 2.05) is 6.92 Å². The fourth-order valence-electron chi connectivity index (χ4n) is 3.50. The van der Waals surface area contributed by atoms with Crippen molar-refractivity contribution in [2.45, 2.75) is 51.5 Å². The second-order valence-electron chi connectivity index (χ2n) is 5.67. The minimum Gasteiger partial charge on any atom is -0.409 e. The Bertz CT molecular complexity index is 278. The summed E-state index contributed by atoms with van der Waals surface area (Å²) in [5.41, 5.74) is 5.68. The van der Waals surface area contributed by atoms with Crippen LogP contribution in [0.25, 0.3) is 0 Å². The lowest BCUT2D eigenvalue weighted by atomic mass is 9.78. The van der Waals surface area contributed by atoms with Crippen LogP contribution in [0, 0.1) is 11.8 Å². The van der Waals surface area contributed by atoms with E-state index in [2.05, 4.69) is 10.1 Å². The molecular formula is C13H25N3O. The number of likely N-dealkylation sites (tertiary alicyclic amines) is 1. The van der Waals surface area contributed by atoms with Gasteiger partial charge in [-0.1, -0.05) is 24.9 Å². The average Bonchev–Trinajstić information content (AvgIpc) is 2.38. The molecule has 17 heavy (non-hydrogen) atoms. The van der Waals surface area contributed by atoms with Gasteiger partial charge in [0.1, 0.15) is 5.84 Å². The van der Waals surface area contributed by atoms with Crippen LogP contribution in [0.2, 0.25) is 0 Å². The van der Waals surface area contributed by atoms with Crippen LogP contribution in [-0.2, 0) is 0 Å². The summed E-state index contributed by atoms with van der Waals surface area (Å²) in [6, 6.07) is 0.756. The topological polar surface area (TPSA) is 61.8 Å². The number of rotatable bonds is 3. The van der Waals surface area contributed by atoms with Gasteiger partial charge in [0.15, 0.2) is 0 Å². The smallest absolute Gasteiger partial charge is 0.143 e. The summed E-state index contributed by atoms with van der Waals surface area (Å²) in [5.74, 6) is 1.42. The van der Waals surface area contributed by atoms with Crippen LogP contribution in [0.15, 0.2) is 5.16 Å². The number of piperidine rings is 1. The van der Waals surface area contributed by atoms with Gasteiger partial charge >= 0.3 is 0 Å². The van der Waals surface area contributed by atoms with Crippen LogP contribution in [0.4, 0.5) is 0 Å². The summed E-state index contributed by atoms with van der Waals surface area (Å²) in [6.45, 7) is 4.17. The molecule has 2 rings (SSSR count). The zero-order chi connectivity index (χ0) is 12.3. The van der Waals surface area contributed by atoms with Gasteiger partial charge in [0, 0.05) is 18.5 Å². The molecule has 1 aliphatic heterocycles. The summed E-state index contributed by atoms with van der Waals surface area (Å²) < 4.78 is 0. The summed E-state index contributed by atoms with van der Waals surface area (Å²) in [4.78, 5) is 2.58. The van der Waals surface area contributed by atoms with E-state index in [0.29, 0.717) is 5.84 Å². The highest BCUT2D eigenvalue weighted by Gasteiger charge is 2.33. The van der Waals surface area contributed by atoms with Crippen molar-refractivity contribution in [3.63, 3.8) is 0 Å². The molecule has 0 aromatic carbocycles. The maximum absolute atomic E-state index is 8.71. The highest BCUT2D eigenvalue weighted by Crippen LogP contribution is 2.35. The number of oxime groups is 1. The van der Waals surface area contributed by atoms with Gasteiger partial charge in [0.05, 0.1) is 0 Å². The Morgan fingerprint density at radius 1 is 1.35 bits per heavy atom.